The normalized spacial score (nSPS) is 10.3. The summed E-state index contributed by atoms with van der Waals surface area (Å²) in [4.78, 5) is 25.2. The fourth-order valence-corrected chi connectivity index (χ4v) is 4.46. The number of rotatable bonds is 9. The maximum absolute atomic E-state index is 12.5. The molecule has 178 valence electrons. The van der Waals surface area contributed by atoms with Crippen LogP contribution in [0.1, 0.15) is 45.0 Å². The largest absolute Gasteiger partial charge is 0.489 e. The van der Waals surface area contributed by atoms with Gasteiger partial charge in [-0.05, 0) is 68.4 Å². The summed E-state index contributed by atoms with van der Waals surface area (Å²) < 4.78 is 16.1. The van der Waals surface area contributed by atoms with Crippen LogP contribution >= 0.6 is 23.6 Å². The monoisotopic (exact) mass is 498 g/mol. The Hall–Kier alpha value is -3.43. The lowest BCUT2D eigenvalue weighted by atomic mass is 10.1. The number of hydrogen-bond acceptors (Lipinski definition) is 7. The van der Waals surface area contributed by atoms with Gasteiger partial charge in [-0.15, -0.1) is 11.3 Å². The number of esters is 2. The SMILES string of the molecule is CCOC(=O)c1sc(NC(=S)Nc2ccc(OCc3ccccc3)cc2)c(C(=O)OCC)c1C. The molecule has 0 aliphatic heterocycles. The maximum Gasteiger partial charge on any atom is 0.348 e. The molecule has 0 aliphatic carbocycles. The van der Waals surface area contributed by atoms with Crippen molar-refractivity contribution < 1.29 is 23.8 Å². The summed E-state index contributed by atoms with van der Waals surface area (Å²) >= 11 is 6.53. The zero-order valence-corrected chi connectivity index (χ0v) is 20.8. The Kier molecular flexibility index (Phi) is 9.00. The lowest BCUT2D eigenvalue weighted by Gasteiger charge is -2.12. The second-order valence-electron chi connectivity index (χ2n) is 7.08. The van der Waals surface area contributed by atoms with Crippen LogP contribution < -0.4 is 15.4 Å². The highest BCUT2D eigenvalue weighted by Crippen LogP contribution is 2.34. The smallest absolute Gasteiger partial charge is 0.348 e. The number of ether oxygens (including phenoxy) is 3. The zero-order valence-electron chi connectivity index (χ0n) is 19.2. The van der Waals surface area contributed by atoms with Gasteiger partial charge in [0.05, 0.1) is 18.8 Å². The van der Waals surface area contributed by atoms with Crippen molar-refractivity contribution in [1.29, 1.82) is 0 Å². The van der Waals surface area contributed by atoms with Crippen molar-refractivity contribution >= 4 is 51.3 Å². The molecule has 0 amide bonds. The Bertz CT molecular complexity index is 1140. The van der Waals surface area contributed by atoms with Crippen molar-refractivity contribution in [1.82, 2.24) is 0 Å². The molecule has 0 unspecified atom stereocenters. The summed E-state index contributed by atoms with van der Waals surface area (Å²) in [6, 6.07) is 17.3. The number of hydrogen-bond donors (Lipinski definition) is 2. The molecule has 0 fully saturated rings. The summed E-state index contributed by atoms with van der Waals surface area (Å²) in [6.45, 7) is 6.06. The molecule has 9 heteroatoms. The van der Waals surface area contributed by atoms with Crippen LogP contribution in [0.2, 0.25) is 0 Å². The van der Waals surface area contributed by atoms with E-state index < -0.39 is 11.9 Å². The Morgan fingerprint density at radius 2 is 1.56 bits per heavy atom. The fraction of sp³-hybridized carbons (Fsp3) is 0.240. The van der Waals surface area contributed by atoms with Crippen molar-refractivity contribution in [2.24, 2.45) is 0 Å². The molecule has 0 bridgehead atoms. The minimum absolute atomic E-state index is 0.212. The summed E-state index contributed by atoms with van der Waals surface area (Å²) in [6.07, 6.45) is 0. The highest BCUT2D eigenvalue weighted by molar-refractivity contribution is 7.80. The average Bonchev–Trinajstić information content (AvgIpc) is 3.15. The van der Waals surface area contributed by atoms with E-state index in [-0.39, 0.29) is 23.9 Å². The van der Waals surface area contributed by atoms with Crippen LogP contribution in [0.5, 0.6) is 5.75 Å². The third-order valence-electron chi connectivity index (χ3n) is 4.67. The van der Waals surface area contributed by atoms with E-state index in [9.17, 15) is 9.59 Å². The summed E-state index contributed by atoms with van der Waals surface area (Å²) in [5.41, 5.74) is 2.58. The molecule has 0 radical (unpaired) electrons. The molecule has 7 nitrogen and oxygen atoms in total. The molecule has 2 aromatic carbocycles. The molecule has 0 atom stereocenters. The summed E-state index contributed by atoms with van der Waals surface area (Å²) in [7, 11) is 0. The van der Waals surface area contributed by atoms with Crippen LogP contribution in [0.25, 0.3) is 0 Å². The quantitative estimate of drug-likeness (QED) is 0.283. The first kappa shape index (κ1) is 25.2. The lowest BCUT2D eigenvalue weighted by Crippen LogP contribution is -2.20. The average molecular weight is 499 g/mol. The number of nitrogens with one attached hydrogen (secondary N) is 2. The van der Waals surface area contributed by atoms with Gasteiger partial charge < -0.3 is 24.8 Å². The molecular weight excluding hydrogens is 472 g/mol. The maximum atomic E-state index is 12.5. The van der Waals surface area contributed by atoms with Crippen LogP contribution in [0.15, 0.2) is 54.6 Å². The van der Waals surface area contributed by atoms with E-state index in [2.05, 4.69) is 10.6 Å². The number of carbonyl (C=O) groups is 2. The molecule has 3 aromatic rings. The standard InChI is InChI=1S/C25H26N2O5S2/c1-4-30-23(28)20-16(3)21(24(29)31-5-2)34-22(20)27-25(33)26-18-11-13-19(14-12-18)32-15-17-9-7-6-8-10-17/h6-14H,4-5,15H2,1-3H3,(H2,26,27,33). The summed E-state index contributed by atoms with van der Waals surface area (Å²) in [5.74, 6) is -0.295. The first-order chi connectivity index (χ1) is 16.4. The van der Waals surface area contributed by atoms with E-state index in [1.807, 2.05) is 54.6 Å². The number of carbonyl (C=O) groups excluding carboxylic acids is 2. The van der Waals surface area contributed by atoms with Crippen molar-refractivity contribution in [3.05, 3.63) is 76.2 Å². The summed E-state index contributed by atoms with van der Waals surface area (Å²) in [5, 5.41) is 6.77. The van der Waals surface area contributed by atoms with E-state index in [1.54, 1.807) is 20.8 Å². The number of anilines is 2. The fourth-order valence-electron chi connectivity index (χ4n) is 3.08. The predicted molar refractivity (Wildman–Crippen MR) is 138 cm³/mol. The molecule has 2 N–H and O–H groups in total. The van der Waals surface area contributed by atoms with Crippen molar-refractivity contribution in [3.8, 4) is 5.75 Å². The molecule has 0 aliphatic rings. The highest BCUT2D eigenvalue weighted by Gasteiger charge is 2.26. The van der Waals surface area contributed by atoms with Gasteiger partial charge in [0.15, 0.2) is 5.11 Å². The molecule has 1 heterocycles. The van der Waals surface area contributed by atoms with Gasteiger partial charge in [0, 0.05) is 5.69 Å². The Morgan fingerprint density at radius 1 is 0.912 bits per heavy atom. The van der Waals surface area contributed by atoms with Crippen LogP contribution in [-0.4, -0.2) is 30.3 Å². The molecule has 0 spiro atoms. The molecule has 0 saturated carbocycles. The van der Waals surface area contributed by atoms with E-state index in [0.29, 0.717) is 22.0 Å². The number of thiocarbonyl (C=S) groups is 1. The number of thiophene rings is 1. The van der Waals surface area contributed by atoms with Gasteiger partial charge in [0.25, 0.3) is 0 Å². The molecule has 0 saturated heterocycles. The molecule has 34 heavy (non-hydrogen) atoms. The Balaban J connectivity index is 1.68. The van der Waals surface area contributed by atoms with Gasteiger partial charge in [-0.1, -0.05) is 30.3 Å². The van der Waals surface area contributed by atoms with Crippen LogP contribution in [0.4, 0.5) is 10.7 Å². The molecular formula is C25H26N2O5S2. The second-order valence-corrected chi connectivity index (χ2v) is 8.51. The van der Waals surface area contributed by atoms with Gasteiger partial charge in [-0.3, -0.25) is 0 Å². The third kappa shape index (κ3) is 6.55. The van der Waals surface area contributed by atoms with E-state index >= 15 is 0 Å². The predicted octanol–water partition coefficient (Wildman–Crippen LogP) is 5.80. The van der Waals surface area contributed by atoms with Crippen LogP contribution in [0, 0.1) is 6.92 Å². The highest BCUT2D eigenvalue weighted by atomic mass is 32.1. The first-order valence-electron chi connectivity index (χ1n) is 10.7. The van der Waals surface area contributed by atoms with Crippen molar-refractivity contribution in [3.63, 3.8) is 0 Å². The minimum atomic E-state index is -0.531. The number of benzene rings is 2. The first-order valence-corrected chi connectivity index (χ1v) is 12.0. The van der Waals surface area contributed by atoms with Crippen LogP contribution in [-0.2, 0) is 16.1 Å². The zero-order chi connectivity index (χ0) is 24.5. The van der Waals surface area contributed by atoms with E-state index in [0.717, 1.165) is 28.3 Å². The molecule has 3 rings (SSSR count). The van der Waals surface area contributed by atoms with Gasteiger partial charge in [0.2, 0.25) is 0 Å². The minimum Gasteiger partial charge on any atom is -0.489 e. The van der Waals surface area contributed by atoms with Crippen molar-refractivity contribution in [2.45, 2.75) is 27.4 Å². The van der Waals surface area contributed by atoms with E-state index in [4.69, 9.17) is 26.4 Å². The Labute approximate surface area is 208 Å². The van der Waals surface area contributed by atoms with Gasteiger partial charge in [-0.25, -0.2) is 9.59 Å². The van der Waals surface area contributed by atoms with Gasteiger partial charge in [-0.2, -0.15) is 0 Å². The van der Waals surface area contributed by atoms with Crippen LogP contribution in [0.3, 0.4) is 0 Å². The van der Waals surface area contributed by atoms with Gasteiger partial charge in [0.1, 0.15) is 22.2 Å². The molecule has 1 aromatic heterocycles. The van der Waals surface area contributed by atoms with E-state index in [1.165, 1.54) is 0 Å². The third-order valence-corrected chi connectivity index (χ3v) is 6.07. The second kappa shape index (κ2) is 12.2. The topological polar surface area (TPSA) is 85.9 Å². The lowest BCUT2D eigenvalue weighted by molar-refractivity contribution is 0.0527. The van der Waals surface area contributed by atoms with Gasteiger partial charge >= 0.3 is 11.9 Å². The Morgan fingerprint density at radius 3 is 2.21 bits per heavy atom. The van der Waals surface area contributed by atoms with Crippen molar-refractivity contribution in [2.75, 3.05) is 23.8 Å².